The fraction of sp³-hybridized carbons (Fsp3) is 0.478. The maximum atomic E-state index is 12.8. The van der Waals surface area contributed by atoms with Crippen molar-refractivity contribution < 1.29 is 27.2 Å². The lowest BCUT2D eigenvalue weighted by Crippen LogP contribution is -2.41. The van der Waals surface area contributed by atoms with E-state index in [0.29, 0.717) is 12.8 Å². The number of hydrogen-bond acceptors (Lipinski definition) is 6. The van der Waals surface area contributed by atoms with Gasteiger partial charge in [0.1, 0.15) is 0 Å². The summed E-state index contributed by atoms with van der Waals surface area (Å²) in [5, 5.41) is 2.63. The van der Waals surface area contributed by atoms with E-state index in [1.165, 1.54) is 22.0 Å². The van der Waals surface area contributed by atoms with Crippen molar-refractivity contribution in [2.45, 2.75) is 51.0 Å². The number of anilines is 1. The van der Waals surface area contributed by atoms with Crippen LogP contribution >= 0.6 is 0 Å². The molecule has 0 bridgehead atoms. The zero-order valence-corrected chi connectivity index (χ0v) is 19.3. The van der Waals surface area contributed by atoms with Gasteiger partial charge in [0, 0.05) is 24.7 Å². The molecular weight excluding hydrogens is 432 g/mol. The number of ether oxygens (including phenoxy) is 1. The molecule has 0 aliphatic carbocycles. The topological polar surface area (TPSA) is 106 Å². The van der Waals surface area contributed by atoms with Gasteiger partial charge in [-0.1, -0.05) is 25.5 Å². The third-order valence-electron chi connectivity index (χ3n) is 5.52. The average molecular weight is 463 g/mol. The van der Waals surface area contributed by atoms with Gasteiger partial charge in [-0.05, 0) is 62.4 Å². The third-order valence-corrected chi connectivity index (χ3v) is 7.29. The van der Waals surface area contributed by atoms with Gasteiger partial charge in [-0.25, -0.2) is 13.2 Å². The maximum Gasteiger partial charge on any atom is 0.374 e. The fourth-order valence-corrected chi connectivity index (χ4v) is 5.02. The van der Waals surface area contributed by atoms with Gasteiger partial charge in [0.15, 0.2) is 0 Å². The summed E-state index contributed by atoms with van der Waals surface area (Å²) in [5.41, 5.74) is 1.99. The van der Waals surface area contributed by atoms with Gasteiger partial charge in [0.05, 0.1) is 6.61 Å². The second-order valence-electron chi connectivity index (χ2n) is 7.81. The van der Waals surface area contributed by atoms with Crippen molar-refractivity contribution in [3.63, 3.8) is 0 Å². The number of esters is 1. The molecule has 1 fully saturated rings. The van der Waals surface area contributed by atoms with Crippen LogP contribution in [-0.2, 0) is 26.0 Å². The highest BCUT2D eigenvalue weighted by atomic mass is 32.2. The molecular formula is C23H30N2O6S. The Labute approximate surface area is 189 Å². The van der Waals surface area contributed by atoms with Gasteiger partial charge < -0.3 is 14.5 Å². The fourth-order valence-electron chi connectivity index (χ4n) is 3.64. The molecule has 1 aliphatic heterocycles. The first-order valence-electron chi connectivity index (χ1n) is 11.0. The molecule has 1 N–H and O–H groups in total. The summed E-state index contributed by atoms with van der Waals surface area (Å²) in [7, 11) is -3.88. The number of nitrogens with one attached hydrogen (secondary N) is 1. The Morgan fingerprint density at radius 1 is 1.09 bits per heavy atom. The Bertz CT molecular complexity index is 1020. The smallest absolute Gasteiger partial charge is 0.374 e. The predicted octanol–water partition coefficient (Wildman–Crippen LogP) is 3.84. The Kier molecular flexibility index (Phi) is 8.09. The minimum atomic E-state index is -3.88. The number of benzene rings is 1. The summed E-state index contributed by atoms with van der Waals surface area (Å²) in [4.78, 5) is 24.4. The Balaban J connectivity index is 1.55. The van der Waals surface area contributed by atoms with Crippen LogP contribution in [0.5, 0.6) is 0 Å². The molecule has 1 aliphatic rings. The summed E-state index contributed by atoms with van der Waals surface area (Å²) in [6.45, 7) is 4.37. The number of nitrogens with zero attached hydrogens (tertiary/aromatic N) is 1. The number of aryl methyl sites for hydroxylation is 1. The molecule has 2 aromatic rings. The van der Waals surface area contributed by atoms with Crippen molar-refractivity contribution in [2.24, 2.45) is 5.92 Å². The normalized spacial score (nSPS) is 15.4. The van der Waals surface area contributed by atoms with E-state index in [0.717, 1.165) is 24.9 Å². The second kappa shape index (κ2) is 10.8. The van der Waals surface area contributed by atoms with Crippen LogP contribution in [-0.4, -0.2) is 44.3 Å². The zero-order chi connectivity index (χ0) is 23.1. The number of furan rings is 1. The van der Waals surface area contributed by atoms with E-state index >= 15 is 0 Å². The van der Waals surface area contributed by atoms with E-state index in [1.54, 1.807) is 6.92 Å². The van der Waals surface area contributed by atoms with Gasteiger partial charge in [-0.3, -0.25) is 4.79 Å². The highest BCUT2D eigenvalue weighted by Crippen LogP contribution is 2.26. The number of piperidine rings is 1. The van der Waals surface area contributed by atoms with Gasteiger partial charge in [-0.2, -0.15) is 4.31 Å². The first-order chi connectivity index (χ1) is 15.3. The number of sulfonamides is 1. The number of rotatable bonds is 9. The number of amides is 1. The molecule has 3 rings (SSSR count). The van der Waals surface area contributed by atoms with Crippen molar-refractivity contribution >= 4 is 27.6 Å². The standard InChI is InChI=1S/C23H30N2O6S/c1-3-5-6-17-7-9-19(10-8-17)24-22(26)18-13-15-25(16-14-18)32(28,29)21-12-11-20(31-21)23(27)30-4-2/h7-12,18H,3-6,13-16H2,1-2H3,(H,24,26). The molecule has 32 heavy (non-hydrogen) atoms. The van der Waals surface area contributed by atoms with Crippen molar-refractivity contribution in [1.82, 2.24) is 4.31 Å². The van der Waals surface area contributed by atoms with Crippen molar-refractivity contribution in [3.8, 4) is 0 Å². The van der Waals surface area contributed by atoms with Gasteiger partial charge in [0.25, 0.3) is 10.0 Å². The molecule has 0 saturated carbocycles. The number of carbonyl (C=O) groups excluding carboxylic acids is 2. The first-order valence-corrected chi connectivity index (χ1v) is 12.5. The van der Waals surface area contributed by atoms with Crippen molar-refractivity contribution in [1.29, 1.82) is 0 Å². The van der Waals surface area contributed by atoms with E-state index < -0.39 is 16.0 Å². The lowest BCUT2D eigenvalue weighted by Gasteiger charge is -2.29. The number of unbranched alkanes of at least 4 members (excludes halogenated alkanes) is 1. The largest absolute Gasteiger partial charge is 0.460 e. The van der Waals surface area contributed by atoms with E-state index in [2.05, 4.69) is 12.2 Å². The van der Waals surface area contributed by atoms with E-state index in [9.17, 15) is 18.0 Å². The summed E-state index contributed by atoms with van der Waals surface area (Å²) in [6, 6.07) is 10.4. The summed E-state index contributed by atoms with van der Waals surface area (Å²) >= 11 is 0. The van der Waals surface area contributed by atoms with Crippen LogP contribution in [0, 0.1) is 5.92 Å². The van der Waals surface area contributed by atoms with Gasteiger partial charge >= 0.3 is 5.97 Å². The van der Waals surface area contributed by atoms with Crippen LogP contribution in [0.15, 0.2) is 45.9 Å². The Morgan fingerprint density at radius 2 is 1.78 bits per heavy atom. The molecule has 0 atom stereocenters. The minimum absolute atomic E-state index is 0.106. The third kappa shape index (κ3) is 5.77. The summed E-state index contributed by atoms with van der Waals surface area (Å²) in [5.74, 6) is -1.23. The van der Waals surface area contributed by atoms with Gasteiger partial charge in [-0.15, -0.1) is 0 Å². The molecule has 0 unspecified atom stereocenters. The summed E-state index contributed by atoms with van der Waals surface area (Å²) < 4.78 is 37.0. The molecule has 0 spiro atoms. The monoisotopic (exact) mass is 462 g/mol. The lowest BCUT2D eigenvalue weighted by molar-refractivity contribution is -0.120. The quantitative estimate of drug-likeness (QED) is 0.568. The highest BCUT2D eigenvalue weighted by molar-refractivity contribution is 7.89. The SMILES string of the molecule is CCCCc1ccc(NC(=O)C2CCN(S(=O)(=O)c3ccc(C(=O)OCC)o3)CC2)cc1. The Morgan fingerprint density at radius 3 is 2.41 bits per heavy atom. The molecule has 0 radical (unpaired) electrons. The highest BCUT2D eigenvalue weighted by Gasteiger charge is 2.34. The lowest BCUT2D eigenvalue weighted by atomic mass is 9.97. The predicted molar refractivity (Wildman–Crippen MR) is 120 cm³/mol. The number of hydrogen-bond donors (Lipinski definition) is 1. The van der Waals surface area contributed by atoms with Crippen LogP contribution in [0.4, 0.5) is 5.69 Å². The zero-order valence-electron chi connectivity index (χ0n) is 18.5. The first kappa shape index (κ1) is 24.0. The second-order valence-corrected chi connectivity index (χ2v) is 9.68. The molecule has 8 nitrogen and oxygen atoms in total. The number of carbonyl (C=O) groups is 2. The van der Waals surface area contributed by atoms with Crippen LogP contribution in [0.2, 0.25) is 0 Å². The van der Waals surface area contributed by atoms with Crippen LogP contribution in [0.25, 0.3) is 0 Å². The molecule has 174 valence electrons. The van der Waals surface area contributed by atoms with Crippen LogP contribution in [0.1, 0.15) is 55.6 Å². The van der Waals surface area contributed by atoms with Crippen molar-refractivity contribution in [3.05, 3.63) is 47.7 Å². The van der Waals surface area contributed by atoms with E-state index in [-0.39, 0.29) is 42.4 Å². The van der Waals surface area contributed by atoms with Gasteiger partial charge in [0.2, 0.25) is 16.8 Å². The molecule has 1 aromatic carbocycles. The van der Waals surface area contributed by atoms with Crippen LogP contribution < -0.4 is 5.32 Å². The maximum absolute atomic E-state index is 12.8. The molecule has 2 heterocycles. The van der Waals surface area contributed by atoms with Crippen molar-refractivity contribution in [2.75, 3.05) is 25.0 Å². The van der Waals surface area contributed by atoms with Crippen LogP contribution in [0.3, 0.4) is 0 Å². The molecule has 1 amide bonds. The van der Waals surface area contributed by atoms with E-state index in [1.807, 2.05) is 24.3 Å². The molecule has 1 aromatic heterocycles. The molecule has 1 saturated heterocycles. The molecule has 9 heteroatoms. The summed E-state index contributed by atoms with van der Waals surface area (Å²) in [6.07, 6.45) is 4.11. The Hall–Kier alpha value is -2.65. The minimum Gasteiger partial charge on any atom is -0.460 e. The van der Waals surface area contributed by atoms with E-state index in [4.69, 9.17) is 9.15 Å². The average Bonchev–Trinajstić information content (AvgIpc) is 3.30.